The molecule has 1 atom stereocenters. The lowest BCUT2D eigenvalue weighted by Gasteiger charge is -2.38. The van der Waals surface area contributed by atoms with Crippen LogP contribution >= 0.6 is 0 Å². The van der Waals surface area contributed by atoms with Gasteiger partial charge in [-0.15, -0.1) is 0 Å². The average molecular weight is 302 g/mol. The zero-order valence-electron chi connectivity index (χ0n) is 13.4. The van der Waals surface area contributed by atoms with Crippen LogP contribution in [0.25, 0.3) is 0 Å². The predicted molar refractivity (Wildman–Crippen MR) is 86.4 cm³/mol. The van der Waals surface area contributed by atoms with Gasteiger partial charge in [0.2, 0.25) is 5.91 Å². The van der Waals surface area contributed by atoms with Gasteiger partial charge >= 0.3 is 0 Å². The maximum absolute atomic E-state index is 12.7. The number of benzene rings is 1. The van der Waals surface area contributed by atoms with Gasteiger partial charge in [-0.1, -0.05) is 24.3 Å². The molecule has 1 unspecified atom stereocenters. The quantitative estimate of drug-likeness (QED) is 0.923. The van der Waals surface area contributed by atoms with Crippen LogP contribution in [0.5, 0.6) is 0 Å². The number of amides is 1. The Hall–Kier alpha value is -1.39. The minimum absolute atomic E-state index is 0.0565. The van der Waals surface area contributed by atoms with Gasteiger partial charge < -0.3 is 10.0 Å². The Bertz CT molecular complexity index is 524. The molecule has 0 spiro atoms. The van der Waals surface area contributed by atoms with E-state index in [1.807, 2.05) is 11.8 Å². The van der Waals surface area contributed by atoms with E-state index < -0.39 is 0 Å². The molecule has 2 aliphatic rings. The lowest BCUT2D eigenvalue weighted by atomic mass is 9.96. The number of piperidine rings is 1. The van der Waals surface area contributed by atoms with Crippen LogP contribution in [0.1, 0.15) is 30.9 Å². The molecule has 1 aromatic carbocycles. The Morgan fingerprint density at radius 2 is 1.91 bits per heavy atom. The van der Waals surface area contributed by atoms with Gasteiger partial charge in [-0.05, 0) is 43.2 Å². The van der Waals surface area contributed by atoms with Crippen LogP contribution in [-0.2, 0) is 17.8 Å². The third-order valence-corrected chi connectivity index (χ3v) is 5.25. The Morgan fingerprint density at radius 3 is 2.59 bits per heavy atom. The number of hydrogen-bond acceptors (Lipinski definition) is 3. The first-order valence-corrected chi connectivity index (χ1v) is 8.39. The van der Waals surface area contributed by atoms with Gasteiger partial charge in [0.25, 0.3) is 0 Å². The molecule has 0 aromatic heterocycles. The average Bonchev–Trinajstić information content (AvgIpc) is 2.60. The van der Waals surface area contributed by atoms with Gasteiger partial charge in [-0.25, -0.2) is 0 Å². The highest BCUT2D eigenvalue weighted by molar-refractivity contribution is 5.81. The van der Waals surface area contributed by atoms with Crippen LogP contribution in [-0.4, -0.2) is 53.1 Å². The van der Waals surface area contributed by atoms with Crippen LogP contribution in [0.2, 0.25) is 0 Å². The van der Waals surface area contributed by atoms with E-state index >= 15 is 0 Å². The predicted octanol–water partition coefficient (Wildman–Crippen LogP) is 1.66. The monoisotopic (exact) mass is 302 g/mol. The highest BCUT2D eigenvalue weighted by Gasteiger charge is 2.30. The maximum atomic E-state index is 12.7. The van der Waals surface area contributed by atoms with Crippen molar-refractivity contribution in [1.29, 1.82) is 0 Å². The molecule has 1 N–H and O–H groups in total. The molecule has 1 saturated heterocycles. The van der Waals surface area contributed by atoms with Gasteiger partial charge in [0.1, 0.15) is 0 Å². The fourth-order valence-electron chi connectivity index (χ4n) is 3.60. The van der Waals surface area contributed by atoms with E-state index in [9.17, 15) is 9.90 Å². The number of rotatable bonds is 3. The highest BCUT2D eigenvalue weighted by Crippen LogP contribution is 2.22. The van der Waals surface area contributed by atoms with E-state index in [4.69, 9.17) is 0 Å². The third-order valence-electron chi connectivity index (χ3n) is 5.25. The molecular weight excluding hydrogens is 276 g/mol. The summed E-state index contributed by atoms with van der Waals surface area (Å²) >= 11 is 0. The Morgan fingerprint density at radius 1 is 1.23 bits per heavy atom. The van der Waals surface area contributed by atoms with Crippen molar-refractivity contribution < 1.29 is 9.90 Å². The summed E-state index contributed by atoms with van der Waals surface area (Å²) in [5.41, 5.74) is 2.77. The summed E-state index contributed by atoms with van der Waals surface area (Å²) in [5, 5.41) is 9.21. The van der Waals surface area contributed by atoms with Gasteiger partial charge in [0.05, 0.1) is 6.04 Å². The van der Waals surface area contributed by atoms with Gasteiger partial charge in [-0.3, -0.25) is 9.69 Å². The second-order valence-electron chi connectivity index (χ2n) is 6.62. The summed E-state index contributed by atoms with van der Waals surface area (Å²) in [6, 6.07) is 8.48. The number of fused-ring (bicyclic) bond motifs is 1. The molecule has 1 fully saturated rings. The Labute approximate surface area is 132 Å². The standard InChI is InChI=1S/C18H26N2O2/c1-14(18(22)19-9-6-15(13-21)7-10-19)20-11-8-16-4-2-3-5-17(16)12-20/h2-5,14-15,21H,6-13H2,1H3. The zero-order chi connectivity index (χ0) is 15.5. The van der Waals surface area contributed by atoms with Crippen LogP contribution < -0.4 is 0 Å². The molecule has 0 aliphatic carbocycles. The van der Waals surface area contributed by atoms with Gasteiger partial charge in [0, 0.05) is 32.8 Å². The number of aliphatic hydroxyl groups is 1. The molecule has 1 aromatic rings. The number of aliphatic hydroxyl groups excluding tert-OH is 1. The molecule has 2 aliphatic heterocycles. The van der Waals surface area contributed by atoms with Crippen molar-refractivity contribution in [2.24, 2.45) is 5.92 Å². The molecule has 2 heterocycles. The molecule has 0 bridgehead atoms. The molecule has 1 amide bonds. The maximum Gasteiger partial charge on any atom is 0.239 e. The number of hydrogen-bond donors (Lipinski definition) is 1. The van der Waals surface area contributed by atoms with Crippen LogP contribution in [0.4, 0.5) is 0 Å². The summed E-state index contributed by atoms with van der Waals surface area (Å²) in [4.78, 5) is 17.0. The largest absolute Gasteiger partial charge is 0.396 e. The van der Waals surface area contributed by atoms with Crippen molar-refractivity contribution in [3.05, 3.63) is 35.4 Å². The molecule has 22 heavy (non-hydrogen) atoms. The fourth-order valence-corrected chi connectivity index (χ4v) is 3.60. The summed E-state index contributed by atoms with van der Waals surface area (Å²) in [5.74, 6) is 0.622. The minimum atomic E-state index is -0.0565. The Kier molecular flexibility index (Phi) is 4.79. The topological polar surface area (TPSA) is 43.8 Å². The van der Waals surface area contributed by atoms with Gasteiger partial charge in [-0.2, -0.15) is 0 Å². The molecule has 3 rings (SSSR count). The van der Waals surface area contributed by atoms with Crippen molar-refractivity contribution in [2.45, 2.75) is 38.8 Å². The summed E-state index contributed by atoms with van der Waals surface area (Å²) < 4.78 is 0. The summed E-state index contributed by atoms with van der Waals surface area (Å²) in [6.07, 6.45) is 2.88. The summed E-state index contributed by atoms with van der Waals surface area (Å²) in [6.45, 7) is 5.69. The first-order valence-electron chi connectivity index (χ1n) is 8.39. The fraction of sp³-hybridized carbons (Fsp3) is 0.611. The van der Waals surface area contributed by atoms with Crippen molar-refractivity contribution in [2.75, 3.05) is 26.2 Å². The van der Waals surface area contributed by atoms with Crippen molar-refractivity contribution in [1.82, 2.24) is 9.80 Å². The number of likely N-dealkylation sites (tertiary alicyclic amines) is 1. The van der Waals surface area contributed by atoms with E-state index in [0.29, 0.717) is 5.92 Å². The van der Waals surface area contributed by atoms with Crippen LogP contribution in [0, 0.1) is 5.92 Å². The van der Waals surface area contributed by atoms with Crippen molar-refractivity contribution in [3.63, 3.8) is 0 Å². The first-order chi connectivity index (χ1) is 10.7. The second kappa shape index (κ2) is 6.80. The van der Waals surface area contributed by atoms with E-state index in [1.165, 1.54) is 11.1 Å². The van der Waals surface area contributed by atoms with E-state index in [2.05, 4.69) is 29.2 Å². The van der Waals surface area contributed by atoms with E-state index in [0.717, 1.165) is 45.4 Å². The zero-order valence-corrected chi connectivity index (χ0v) is 13.4. The molecule has 4 heteroatoms. The second-order valence-corrected chi connectivity index (χ2v) is 6.62. The normalized spacial score (nSPS) is 21.5. The molecule has 0 saturated carbocycles. The smallest absolute Gasteiger partial charge is 0.239 e. The first kappa shape index (κ1) is 15.5. The van der Waals surface area contributed by atoms with E-state index in [1.54, 1.807) is 0 Å². The minimum Gasteiger partial charge on any atom is -0.396 e. The van der Waals surface area contributed by atoms with Gasteiger partial charge in [0.15, 0.2) is 0 Å². The molecule has 4 nitrogen and oxygen atoms in total. The van der Waals surface area contributed by atoms with E-state index in [-0.39, 0.29) is 18.6 Å². The molecule has 120 valence electrons. The third kappa shape index (κ3) is 3.18. The summed E-state index contributed by atoms with van der Waals surface area (Å²) in [7, 11) is 0. The van der Waals surface area contributed by atoms with Crippen LogP contribution in [0.15, 0.2) is 24.3 Å². The Balaban J connectivity index is 1.60. The molecule has 0 radical (unpaired) electrons. The van der Waals surface area contributed by atoms with Crippen molar-refractivity contribution >= 4 is 5.91 Å². The van der Waals surface area contributed by atoms with Crippen molar-refractivity contribution in [3.8, 4) is 0 Å². The highest BCUT2D eigenvalue weighted by atomic mass is 16.3. The number of nitrogens with zero attached hydrogens (tertiary/aromatic N) is 2. The van der Waals surface area contributed by atoms with Crippen LogP contribution in [0.3, 0.4) is 0 Å². The lowest BCUT2D eigenvalue weighted by Crippen LogP contribution is -2.50. The number of carbonyl (C=O) groups excluding carboxylic acids is 1. The lowest BCUT2D eigenvalue weighted by molar-refractivity contribution is -0.138. The number of carbonyl (C=O) groups is 1. The molecular formula is C18H26N2O2. The SMILES string of the molecule is CC(C(=O)N1CCC(CO)CC1)N1CCc2ccccc2C1.